The van der Waals surface area contributed by atoms with Crippen LogP contribution in [0.4, 0.5) is 5.69 Å². The maximum Gasteiger partial charge on any atom is 0.271 e. The summed E-state index contributed by atoms with van der Waals surface area (Å²) < 4.78 is 6.14. The molecule has 1 fully saturated rings. The SMILES string of the molecule is CCCN1C(=O)C2(CCC2)Oc2cc(C(C)C)ccc21. The van der Waals surface area contributed by atoms with E-state index in [1.807, 2.05) is 11.0 Å². The van der Waals surface area contributed by atoms with Crippen LogP contribution in [0.25, 0.3) is 0 Å². The van der Waals surface area contributed by atoms with Crippen molar-refractivity contribution in [2.75, 3.05) is 11.4 Å². The molecule has 0 saturated heterocycles. The number of carbonyl (C=O) groups is 1. The Labute approximate surface area is 120 Å². The largest absolute Gasteiger partial charge is 0.475 e. The van der Waals surface area contributed by atoms with Crippen molar-refractivity contribution < 1.29 is 9.53 Å². The molecule has 3 heteroatoms. The highest BCUT2D eigenvalue weighted by molar-refractivity contribution is 6.03. The van der Waals surface area contributed by atoms with Crippen LogP contribution in [0.15, 0.2) is 18.2 Å². The third kappa shape index (κ3) is 1.91. The number of carbonyl (C=O) groups excluding carboxylic acids is 1. The van der Waals surface area contributed by atoms with Gasteiger partial charge in [-0.2, -0.15) is 0 Å². The Morgan fingerprint density at radius 2 is 2.10 bits per heavy atom. The summed E-state index contributed by atoms with van der Waals surface area (Å²) in [7, 11) is 0. The van der Waals surface area contributed by atoms with Gasteiger partial charge in [-0.1, -0.05) is 26.8 Å². The van der Waals surface area contributed by atoms with Gasteiger partial charge >= 0.3 is 0 Å². The summed E-state index contributed by atoms with van der Waals surface area (Å²) in [6, 6.07) is 6.28. The third-order valence-electron chi connectivity index (χ3n) is 4.49. The van der Waals surface area contributed by atoms with Crippen molar-refractivity contribution in [3.05, 3.63) is 23.8 Å². The quantitative estimate of drug-likeness (QED) is 0.836. The molecule has 108 valence electrons. The highest BCUT2D eigenvalue weighted by Gasteiger charge is 2.52. The molecular weight excluding hydrogens is 250 g/mol. The van der Waals surface area contributed by atoms with Crippen LogP contribution in [-0.2, 0) is 4.79 Å². The molecule has 1 spiro atoms. The van der Waals surface area contributed by atoms with Gasteiger partial charge in [0.15, 0.2) is 5.60 Å². The van der Waals surface area contributed by atoms with Crippen LogP contribution in [0.2, 0.25) is 0 Å². The van der Waals surface area contributed by atoms with Crippen molar-refractivity contribution in [1.82, 2.24) is 0 Å². The van der Waals surface area contributed by atoms with Gasteiger partial charge in [-0.15, -0.1) is 0 Å². The van der Waals surface area contributed by atoms with E-state index >= 15 is 0 Å². The fourth-order valence-electron chi connectivity index (χ4n) is 3.06. The second-order valence-electron chi connectivity index (χ2n) is 6.29. The first-order chi connectivity index (χ1) is 9.57. The Bertz CT molecular complexity index is 532. The molecule has 0 atom stereocenters. The van der Waals surface area contributed by atoms with Crippen molar-refractivity contribution in [2.24, 2.45) is 0 Å². The molecule has 3 rings (SSSR count). The van der Waals surface area contributed by atoms with E-state index in [-0.39, 0.29) is 5.91 Å². The average molecular weight is 273 g/mol. The summed E-state index contributed by atoms with van der Waals surface area (Å²) in [6.45, 7) is 7.24. The van der Waals surface area contributed by atoms with E-state index in [1.165, 1.54) is 5.56 Å². The molecule has 1 aromatic rings. The molecule has 1 amide bonds. The molecule has 3 nitrogen and oxygen atoms in total. The summed E-state index contributed by atoms with van der Waals surface area (Å²) in [6.07, 6.45) is 3.77. The molecule has 0 bridgehead atoms. The van der Waals surface area contributed by atoms with Crippen molar-refractivity contribution in [1.29, 1.82) is 0 Å². The van der Waals surface area contributed by atoms with Gasteiger partial charge in [-0.25, -0.2) is 0 Å². The van der Waals surface area contributed by atoms with Gasteiger partial charge in [-0.3, -0.25) is 4.79 Å². The number of fused-ring (bicyclic) bond motifs is 1. The number of rotatable bonds is 3. The van der Waals surface area contributed by atoms with Crippen molar-refractivity contribution in [2.45, 2.75) is 58.0 Å². The molecule has 0 N–H and O–H groups in total. The van der Waals surface area contributed by atoms with E-state index in [0.717, 1.165) is 43.7 Å². The fraction of sp³-hybridized carbons (Fsp3) is 0.588. The number of hydrogen-bond donors (Lipinski definition) is 0. The number of hydrogen-bond acceptors (Lipinski definition) is 2. The second kappa shape index (κ2) is 4.80. The lowest BCUT2D eigenvalue weighted by Gasteiger charge is -2.47. The first kappa shape index (κ1) is 13.5. The van der Waals surface area contributed by atoms with E-state index in [4.69, 9.17) is 4.74 Å². The van der Waals surface area contributed by atoms with Crippen LogP contribution in [0, 0.1) is 0 Å². The number of anilines is 1. The van der Waals surface area contributed by atoms with Crippen LogP contribution in [0.1, 0.15) is 57.9 Å². The van der Waals surface area contributed by atoms with Crippen molar-refractivity contribution in [3.63, 3.8) is 0 Å². The zero-order chi connectivity index (χ0) is 14.3. The van der Waals surface area contributed by atoms with Crippen LogP contribution >= 0.6 is 0 Å². The molecule has 1 saturated carbocycles. The lowest BCUT2D eigenvalue weighted by molar-refractivity contribution is -0.143. The van der Waals surface area contributed by atoms with Crippen LogP contribution in [0.5, 0.6) is 5.75 Å². The minimum absolute atomic E-state index is 0.162. The molecule has 1 aliphatic carbocycles. The highest BCUT2D eigenvalue weighted by Crippen LogP contribution is 2.47. The van der Waals surface area contributed by atoms with Gasteiger partial charge in [0.2, 0.25) is 0 Å². The van der Waals surface area contributed by atoms with Crippen LogP contribution in [0.3, 0.4) is 0 Å². The summed E-state index contributed by atoms with van der Waals surface area (Å²) in [5.74, 6) is 1.53. The highest BCUT2D eigenvalue weighted by atomic mass is 16.5. The van der Waals surface area contributed by atoms with E-state index in [2.05, 4.69) is 32.9 Å². The Kier molecular flexibility index (Phi) is 3.23. The Morgan fingerprint density at radius 1 is 1.35 bits per heavy atom. The second-order valence-corrected chi connectivity index (χ2v) is 6.29. The molecule has 1 aromatic carbocycles. The molecule has 1 heterocycles. The first-order valence-corrected chi connectivity index (χ1v) is 7.72. The number of benzene rings is 1. The predicted octanol–water partition coefficient (Wildman–Crippen LogP) is 3.87. The van der Waals surface area contributed by atoms with Gasteiger partial charge in [0.1, 0.15) is 5.75 Å². The summed E-state index contributed by atoms with van der Waals surface area (Å²) in [4.78, 5) is 14.6. The summed E-state index contributed by atoms with van der Waals surface area (Å²) in [5, 5.41) is 0. The lowest BCUT2D eigenvalue weighted by atomic mass is 9.77. The molecule has 0 unspecified atom stereocenters. The predicted molar refractivity (Wildman–Crippen MR) is 80.4 cm³/mol. The standard InChI is InChI=1S/C17H23NO2/c1-4-10-18-14-7-6-13(12(2)3)11-15(14)20-17(16(18)19)8-5-9-17/h6-7,11-12H,4-5,8-10H2,1-3H3. The van der Waals surface area contributed by atoms with Crippen LogP contribution in [-0.4, -0.2) is 18.1 Å². The van der Waals surface area contributed by atoms with Gasteiger partial charge in [0, 0.05) is 6.54 Å². The minimum Gasteiger partial charge on any atom is -0.475 e. The van der Waals surface area contributed by atoms with Crippen molar-refractivity contribution >= 4 is 11.6 Å². The average Bonchev–Trinajstić information content (AvgIpc) is 2.39. The van der Waals surface area contributed by atoms with E-state index in [9.17, 15) is 4.79 Å². The monoisotopic (exact) mass is 273 g/mol. The zero-order valence-corrected chi connectivity index (χ0v) is 12.6. The van der Waals surface area contributed by atoms with E-state index in [0.29, 0.717) is 5.92 Å². The number of nitrogens with zero attached hydrogens (tertiary/aromatic N) is 1. The molecular formula is C17H23NO2. The Morgan fingerprint density at radius 3 is 2.65 bits per heavy atom. The molecule has 20 heavy (non-hydrogen) atoms. The number of ether oxygens (including phenoxy) is 1. The maximum absolute atomic E-state index is 12.7. The summed E-state index contributed by atoms with van der Waals surface area (Å²) in [5.41, 5.74) is 1.65. The topological polar surface area (TPSA) is 29.5 Å². The van der Waals surface area contributed by atoms with Crippen molar-refractivity contribution in [3.8, 4) is 5.75 Å². The molecule has 1 aliphatic heterocycles. The Balaban J connectivity index is 2.04. The summed E-state index contributed by atoms with van der Waals surface area (Å²) >= 11 is 0. The van der Waals surface area contributed by atoms with Crippen LogP contribution < -0.4 is 9.64 Å². The molecule has 0 aromatic heterocycles. The number of amides is 1. The van der Waals surface area contributed by atoms with Gasteiger partial charge < -0.3 is 9.64 Å². The van der Waals surface area contributed by atoms with Gasteiger partial charge in [-0.05, 0) is 49.3 Å². The normalized spacial score (nSPS) is 19.8. The smallest absolute Gasteiger partial charge is 0.271 e. The molecule has 0 radical (unpaired) electrons. The minimum atomic E-state index is -0.558. The van der Waals surface area contributed by atoms with E-state index < -0.39 is 5.60 Å². The van der Waals surface area contributed by atoms with E-state index in [1.54, 1.807) is 0 Å². The maximum atomic E-state index is 12.7. The first-order valence-electron chi connectivity index (χ1n) is 7.72. The van der Waals surface area contributed by atoms with Gasteiger partial charge in [0.05, 0.1) is 5.69 Å². The third-order valence-corrected chi connectivity index (χ3v) is 4.49. The zero-order valence-electron chi connectivity index (χ0n) is 12.6. The lowest BCUT2D eigenvalue weighted by Crippen LogP contribution is -2.60. The fourth-order valence-corrected chi connectivity index (χ4v) is 3.06. The Hall–Kier alpha value is -1.51. The van der Waals surface area contributed by atoms with Gasteiger partial charge in [0.25, 0.3) is 5.91 Å². The molecule has 2 aliphatic rings.